The Morgan fingerprint density at radius 3 is 2.55 bits per heavy atom. The van der Waals surface area contributed by atoms with Gasteiger partial charge in [-0.05, 0) is 37.6 Å². The molecule has 0 atom stereocenters. The number of aryl methyl sites for hydroxylation is 1. The molecule has 6 nitrogen and oxygen atoms in total. The molecule has 0 radical (unpaired) electrons. The minimum Gasteiger partial charge on any atom is -0.507 e. The van der Waals surface area contributed by atoms with Gasteiger partial charge in [0.05, 0.1) is 0 Å². The van der Waals surface area contributed by atoms with Crippen molar-refractivity contribution in [3.63, 3.8) is 0 Å². The second-order valence-electron chi connectivity index (χ2n) is 4.53. The lowest BCUT2D eigenvalue weighted by Crippen LogP contribution is -2.02. The summed E-state index contributed by atoms with van der Waals surface area (Å²) in [6.45, 7) is 3.79. The highest BCUT2D eigenvalue weighted by atomic mass is 16.4. The molecule has 2 N–H and O–H groups in total. The summed E-state index contributed by atoms with van der Waals surface area (Å²) in [5, 5.41) is 21.5. The Bertz CT molecular complexity index is 689. The van der Waals surface area contributed by atoms with E-state index in [-0.39, 0.29) is 17.9 Å². The number of hydrogen-bond donors (Lipinski definition) is 2. The predicted octanol–water partition coefficient (Wildman–Crippen LogP) is 2.76. The molecule has 6 heteroatoms. The largest absolute Gasteiger partial charge is 0.507 e. The third-order valence-electron chi connectivity index (χ3n) is 3.24. The number of hydrogen-bond acceptors (Lipinski definition) is 4. The molecule has 1 aromatic carbocycles. The maximum absolute atomic E-state index is 10.9. The Labute approximate surface area is 115 Å². The van der Waals surface area contributed by atoms with Crippen molar-refractivity contribution in [2.45, 2.75) is 20.4 Å². The van der Waals surface area contributed by atoms with E-state index in [0.29, 0.717) is 5.69 Å². The fourth-order valence-electron chi connectivity index (χ4n) is 2.30. The number of carboxylic acids is 1. The quantitative estimate of drug-likeness (QED) is 0.838. The fourth-order valence-corrected chi connectivity index (χ4v) is 2.30. The molecule has 0 aliphatic rings. The standard InChI is InChI=1S/C14H14N2O4/c1-8-5-10(7-15-20)9(2)16(8)11-3-4-12(14(18)19)13(17)6-11/h3-6,17H,7H2,1-2H3,(H,18,19). The number of aromatic hydroxyl groups is 1. The van der Waals surface area contributed by atoms with Crippen molar-refractivity contribution in [1.29, 1.82) is 0 Å². The highest BCUT2D eigenvalue weighted by Crippen LogP contribution is 2.26. The van der Waals surface area contributed by atoms with Gasteiger partial charge in [-0.1, -0.05) is 5.18 Å². The Kier molecular flexibility index (Phi) is 3.56. The van der Waals surface area contributed by atoms with Crippen LogP contribution in [-0.2, 0) is 6.54 Å². The molecular weight excluding hydrogens is 260 g/mol. The van der Waals surface area contributed by atoms with Gasteiger partial charge in [-0.25, -0.2) is 4.79 Å². The van der Waals surface area contributed by atoms with Gasteiger partial charge in [0.1, 0.15) is 17.9 Å². The summed E-state index contributed by atoms with van der Waals surface area (Å²) in [5.74, 6) is -1.47. The minimum absolute atomic E-state index is 0.0822. The van der Waals surface area contributed by atoms with Crippen molar-refractivity contribution in [3.8, 4) is 11.4 Å². The first-order valence-corrected chi connectivity index (χ1v) is 5.99. The molecule has 2 rings (SSSR count). The molecule has 0 saturated carbocycles. The second kappa shape index (κ2) is 5.16. The lowest BCUT2D eigenvalue weighted by molar-refractivity contribution is 0.0694. The van der Waals surface area contributed by atoms with Gasteiger partial charge < -0.3 is 14.8 Å². The topological polar surface area (TPSA) is 91.9 Å². The zero-order valence-corrected chi connectivity index (χ0v) is 11.1. The summed E-state index contributed by atoms with van der Waals surface area (Å²) < 4.78 is 1.84. The Hall–Kier alpha value is -2.63. The van der Waals surface area contributed by atoms with Crippen LogP contribution in [0.4, 0.5) is 0 Å². The second-order valence-corrected chi connectivity index (χ2v) is 4.53. The number of benzene rings is 1. The van der Waals surface area contributed by atoms with Crippen molar-refractivity contribution >= 4 is 5.97 Å². The fraction of sp³-hybridized carbons (Fsp3) is 0.214. The van der Waals surface area contributed by atoms with Crippen molar-refractivity contribution in [2.24, 2.45) is 5.18 Å². The number of rotatable bonds is 4. The predicted molar refractivity (Wildman–Crippen MR) is 73.4 cm³/mol. The zero-order valence-electron chi connectivity index (χ0n) is 11.1. The Morgan fingerprint density at radius 1 is 1.30 bits per heavy atom. The molecule has 104 valence electrons. The number of nitrogens with zero attached hydrogens (tertiary/aromatic N) is 2. The van der Waals surface area contributed by atoms with E-state index in [2.05, 4.69) is 5.18 Å². The summed E-state index contributed by atoms with van der Waals surface area (Å²) >= 11 is 0. The van der Waals surface area contributed by atoms with Crippen molar-refractivity contribution in [3.05, 3.63) is 51.7 Å². The molecular formula is C14H14N2O4. The number of carboxylic acid groups (broad SMARTS) is 1. The first-order valence-electron chi connectivity index (χ1n) is 5.99. The third-order valence-corrected chi connectivity index (χ3v) is 3.24. The maximum atomic E-state index is 10.9. The normalized spacial score (nSPS) is 10.5. The monoisotopic (exact) mass is 274 g/mol. The molecule has 0 bridgehead atoms. The molecule has 0 spiro atoms. The molecule has 20 heavy (non-hydrogen) atoms. The van der Waals surface area contributed by atoms with Crippen molar-refractivity contribution < 1.29 is 15.0 Å². The van der Waals surface area contributed by atoms with E-state index in [0.717, 1.165) is 17.0 Å². The molecule has 0 amide bonds. The number of aromatic carboxylic acids is 1. The summed E-state index contributed by atoms with van der Waals surface area (Å²) in [4.78, 5) is 21.3. The number of aromatic nitrogens is 1. The highest BCUT2D eigenvalue weighted by Gasteiger charge is 2.14. The van der Waals surface area contributed by atoms with Crippen LogP contribution in [0.5, 0.6) is 5.75 Å². The highest BCUT2D eigenvalue weighted by molar-refractivity contribution is 5.91. The number of phenols is 1. The molecule has 0 aliphatic heterocycles. The van der Waals surface area contributed by atoms with Crippen LogP contribution in [0.2, 0.25) is 0 Å². The first-order chi connectivity index (χ1) is 9.45. The molecule has 0 fully saturated rings. The van der Waals surface area contributed by atoms with Crippen LogP contribution in [0.3, 0.4) is 0 Å². The van der Waals surface area contributed by atoms with Crippen molar-refractivity contribution in [1.82, 2.24) is 4.57 Å². The summed E-state index contributed by atoms with van der Waals surface area (Å²) in [6, 6.07) is 6.20. The molecule has 1 heterocycles. The lowest BCUT2D eigenvalue weighted by atomic mass is 10.1. The SMILES string of the molecule is Cc1cc(CN=O)c(C)n1-c1ccc(C(=O)O)c(O)c1. The van der Waals surface area contributed by atoms with Crippen LogP contribution < -0.4 is 0 Å². The molecule has 0 saturated heterocycles. The van der Waals surface area contributed by atoms with Crippen LogP contribution in [0.15, 0.2) is 29.4 Å². The van der Waals surface area contributed by atoms with Crippen LogP contribution in [0.25, 0.3) is 5.69 Å². The summed E-state index contributed by atoms with van der Waals surface area (Å²) in [6.07, 6.45) is 0. The van der Waals surface area contributed by atoms with E-state index >= 15 is 0 Å². The van der Waals surface area contributed by atoms with Gasteiger partial charge in [0, 0.05) is 23.1 Å². The van der Waals surface area contributed by atoms with Gasteiger partial charge in [0.25, 0.3) is 0 Å². The van der Waals surface area contributed by atoms with Crippen LogP contribution in [0, 0.1) is 18.8 Å². The van der Waals surface area contributed by atoms with Gasteiger partial charge in [-0.3, -0.25) is 0 Å². The van der Waals surface area contributed by atoms with Crippen LogP contribution in [-0.4, -0.2) is 20.7 Å². The summed E-state index contributed by atoms with van der Waals surface area (Å²) in [5.41, 5.74) is 3.01. The minimum atomic E-state index is -1.18. The number of nitroso groups, excluding NO2 is 1. The van der Waals surface area contributed by atoms with Gasteiger partial charge in [-0.15, -0.1) is 0 Å². The van der Waals surface area contributed by atoms with E-state index in [1.807, 2.05) is 24.5 Å². The smallest absolute Gasteiger partial charge is 0.339 e. The molecule has 1 aromatic heterocycles. The van der Waals surface area contributed by atoms with E-state index in [4.69, 9.17) is 5.11 Å². The average Bonchev–Trinajstić information content (AvgIpc) is 2.64. The van der Waals surface area contributed by atoms with Gasteiger partial charge >= 0.3 is 5.97 Å². The summed E-state index contributed by atoms with van der Waals surface area (Å²) in [7, 11) is 0. The first kappa shape index (κ1) is 13.8. The maximum Gasteiger partial charge on any atom is 0.339 e. The van der Waals surface area contributed by atoms with Gasteiger partial charge in [0.15, 0.2) is 0 Å². The van der Waals surface area contributed by atoms with Crippen LogP contribution >= 0.6 is 0 Å². The average molecular weight is 274 g/mol. The van der Waals surface area contributed by atoms with Crippen molar-refractivity contribution in [2.75, 3.05) is 0 Å². The Balaban J connectivity index is 2.54. The zero-order chi connectivity index (χ0) is 14.9. The van der Waals surface area contributed by atoms with E-state index in [1.165, 1.54) is 12.1 Å². The third kappa shape index (κ3) is 2.27. The van der Waals surface area contributed by atoms with E-state index < -0.39 is 5.97 Å². The lowest BCUT2D eigenvalue weighted by Gasteiger charge is -2.11. The van der Waals surface area contributed by atoms with E-state index in [1.54, 1.807) is 6.07 Å². The molecule has 0 unspecified atom stereocenters. The van der Waals surface area contributed by atoms with Crippen LogP contribution in [0.1, 0.15) is 27.3 Å². The van der Waals surface area contributed by atoms with E-state index in [9.17, 15) is 14.8 Å². The number of carbonyl (C=O) groups is 1. The Morgan fingerprint density at radius 2 is 2.00 bits per heavy atom. The van der Waals surface area contributed by atoms with Gasteiger partial charge in [0.2, 0.25) is 0 Å². The van der Waals surface area contributed by atoms with Gasteiger partial charge in [-0.2, -0.15) is 4.91 Å². The molecule has 2 aromatic rings. The molecule has 0 aliphatic carbocycles.